The molecule has 4 rings (SSSR count). The number of aliphatic hydroxyl groups is 1. The normalized spacial score (nSPS) is 16.8. The van der Waals surface area contributed by atoms with E-state index in [-0.39, 0.29) is 17.9 Å². The van der Waals surface area contributed by atoms with Gasteiger partial charge in [0.1, 0.15) is 23.0 Å². The van der Waals surface area contributed by atoms with E-state index in [1.807, 2.05) is 31.2 Å². The fourth-order valence-electron chi connectivity index (χ4n) is 4.36. The van der Waals surface area contributed by atoms with Crippen LogP contribution < -0.4 is 9.47 Å². The Labute approximate surface area is 217 Å². The number of hydrogen-bond donors (Lipinski definition) is 1. The maximum atomic E-state index is 13.3. The molecule has 37 heavy (non-hydrogen) atoms. The van der Waals surface area contributed by atoms with Crippen LogP contribution in [0.4, 0.5) is 0 Å². The molecule has 1 aliphatic heterocycles. The van der Waals surface area contributed by atoms with Crippen LogP contribution in [0.5, 0.6) is 11.5 Å². The summed E-state index contributed by atoms with van der Waals surface area (Å²) in [6.07, 6.45) is 5.55. The van der Waals surface area contributed by atoms with Crippen LogP contribution in [0.15, 0.2) is 76.9 Å². The Balaban J connectivity index is 1.71. The maximum Gasteiger partial charge on any atom is 0.296 e. The second-order valence-corrected chi connectivity index (χ2v) is 9.01. The third-order valence-corrected chi connectivity index (χ3v) is 6.24. The Morgan fingerprint density at radius 3 is 2.41 bits per heavy atom. The van der Waals surface area contributed by atoms with Crippen LogP contribution in [0.25, 0.3) is 5.76 Å². The minimum absolute atomic E-state index is 0.0285. The molecule has 1 saturated heterocycles. The molecular formula is C30H33NO6. The molecule has 1 N–H and O–H groups in total. The molecule has 194 valence electrons. The van der Waals surface area contributed by atoms with E-state index in [1.54, 1.807) is 36.4 Å². The first-order valence-corrected chi connectivity index (χ1v) is 12.8. The van der Waals surface area contributed by atoms with Gasteiger partial charge in [0.15, 0.2) is 0 Å². The standard InChI is InChI=1S/C30H33NO6/c1-3-5-6-17-36-23-14-12-21(13-15-23)27-26(28(32)22-9-7-10-24(19-22)35-16-4-2)29(33)30(34)31(27)20-25-11-8-18-37-25/h7-15,18-19,27,32H,3-6,16-17,20H2,1-2H3. The van der Waals surface area contributed by atoms with Gasteiger partial charge in [0.05, 0.1) is 37.6 Å². The SMILES string of the molecule is CCCCCOc1ccc(C2C(=C(O)c3cccc(OCCC)c3)C(=O)C(=O)N2Cc2ccco2)cc1. The summed E-state index contributed by atoms with van der Waals surface area (Å²) in [5, 5.41) is 11.3. The van der Waals surface area contributed by atoms with Gasteiger partial charge in [0.2, 0.25) is 0 Å². The van der Waals surface area contributed by atoms with Crippen molar-refractivity contribution >= 4 is 17.4 Å². The summed E-state index contributed by atoms with van der Waals surface area (Å²) in [7, 11) is 0. The number of amides is 1. The fraction of sp³-hybridized carbons (Fsp3) is 0.333. The lowest BCUT2D eigenvalue weighted by Crippen LogP contribution is -2.29. The van der Waals surface area contributed by atoms with Crippen molar-refractivity contribution in [3.05, 3.63) is 89.4 Å². The van der Waals surface area contributed by atoms with Gasteiger partial charge in [-0.15, -0.1) is 0 Å². The van der Waals surface area contributed by atoms with Crippen molar-refractivity contribution in [3.8, 4) is 11.5 Å². The minimum Gasteiger partial charge on any atom is -0.507 e. The molecule has 3 aromatic rings. The van der Waals surface area contributed by atoms with Crippen molar-refractivity contribution in [1.82, 2.24) is 4.90 Å². The molecule has 2 aromatic carbocycles. The maximum absolute atomic E-state index is 13.3. The molecule has 1 amide bonds. The monoisotopic (exact) mass is 503 g/mol. The predicted octanol–water partition coefficient (Wildman–Crippen LogP) is 6.26. The molecule has 0 bridgehead atoms. The van der Waals surface area contributed by atoms with Crippen LogP contribution >= 0.6 is 0 Å². The number of nitrogens with zero attached hydrogens (tertiary/aromatic N) is 1. The number of furan rings is 1. The van der Waals surface area contributed by atoms with Crippen LogP contribution in [0.1, 0.15) is 62.5 Å². The first-order chi connectivity index (χ1) is 18.0. The molecule has 2 heterocycles. The van der Waals surface area contributed by atoms with E-state index in [2.05, 4.69) is 6.92 Å². The number of ketones is 1. The lowest BCUT2D eigenvalue weighted by Gasteiger charge is -2.24. The highest BCUT2D eigenvalue weighted by Crippen LogP contribution is 2.41. The van der Waals surface area contributed by atoms with Crippen LogP contribution in [0, 0.1) is 0 Å². The number of hydrogen-bond acceptors (Lipinski definition) is 6. The summed E-state index contributed by atoms with van der Waals surface area (Å²) in [6.45, 7) is 5.40. The van der Waals surface area contributed by atoms with Crippen LogP contribution in [0.2, 0.25) is 0 Å². The summed E-state index contributed by atoms with van der Waals surface area (Å²) < 4.78 is 17.0. The Morgan fingerprint density at radius 2 is 1.70 bits per heavy atom. The Kier molecular flexibility index (Phi) is 8.67. The first-order valence-electron chi connectivity index (χ1n) is 12.8. The minimum atomic E-state index is -0.792. The Morgan fingerprint density at radius 1 is 0.919 bits per heavy atom. The second-order valence-electron chi connectivity index (χ2n) is 9.01. The molecule has 0 spiro atoms. The van der Waals surface area contributed by atoms with Gasteiger partial charge in [-0.2, -0.15) is 0 Å². The van der Waals surface area contributed by atoms with Gasteiger partial charge in [0, 0.05) is 5.56 Å². The average Bonchev–Trinajstić information content (AvgIpc) is 3.52. The smallest absolute Gasteiger partial charge is 0.296 e. The van der Waals surface area contributed by atoms with Crippen molar-refractivity contribution in [3.63, 3.8) is 0 Å². The molecule has 1 fully saturated rings. The van der Waals surface area contributed by atoms with E-state index in [4.69, 9.17) is 13.9 Å². The second kappa shape index (κ2) is 12.3. The van der Waals surface area contributed by atoms with Gasteiger partial charge in [-0.25, -0.2) is 0 Å². The zero-order valence-electron chi connectivity index (χ0n) is 21.3. The third kappa shape index (κ3) is 6.05. The summed E-state index contributed by atoms with van der Waals surface area (Å²) in [4.78, 5) is 27.9. The number of aliphatic hydroxyl groups excluding tert-OH is 1. The fourth-order valence-corrected chi connectivity index (χ4v) is 4.36. The van der Waals surface area contributed by atoms with E-state index >= 15 is 0 Å². The van der Waals surface area contributed by atoms with Crippen molar-refractivity contribution in [2.24, 2.45) is 0 Å². The van der Waals surface area contributed by atoms with Crippen molar-refractivity contribution in [2.75, 3.05) is 13.2 Å². The summed E-state index contributed by atoms with van der Waals surface area (Å²) in [5.41, 5.74) is 1.12. The van der Waals surface area contributed by atoms with Gasteiger partial charge in [-0.1, -0.05) is 51.0 Å². The van der Waals surface area contributed by atoms with Gasteiger partial charge in [-0.05, 0) is 54.8 Å². The molecule has 7 nitrogen and oxygen atoms in total. The van der Waals surface area contributed by atoms with E-state index in [0.29, 0.717) is 41.6 Å². The number of benzene rings is 2. The predicted molar refractivity (Wildman–Crippen MR) is 140 cm³/mol. The van der Waals surface area contributed by atoms with E-state index < -0.39 is 17.7 Å². The van der Waals surface area contributed by atoms with Gasteiger partial charge < -0.3 is 23.9 Å². The lowest BCUT2D eigenvalue weighted by atomic mass is 9.95. The van der Waals surface area contributed by atoms with Crippen LogP contribution in [-0.2, 0) is 16.1 Å². The zero-order chi connectivity index (χ0) is 26.2. The molecule has 0 saturated carbocycles. The average molecular weight is 504 g/mol. The Bertz CT molecular complexity index is 1230. The van der Waals surface area contributed by atoms with Crippen LogP contribution in [-0.4, -0.2) is 34.9 Å². The van der Waals surface area contributed by atoms with Crippen molar-refractivity contribution in [1.29, 1.82) is 0 Å². The lowest BCUT2D eigenvalue weighted by molar-refractivity contribution is -0.140. The van der Waals surface area contributed by atoms with E-state index in [1.165, 1.54) is 11.2 Å². The van der Waals surface area contributed by atoms with E-state index in [9.17, 15) is 14.7 Å². The van der Waals surface area contributed by atoms with Crippen molar-refractivity contribution < 1.29 is 28.6 Å². The number of unbranched alkanes of at least 4 members (excludes halogenated alkanes) is 2. The van der Waals surface area contributed by atoms with Gasteiger partial charge in [-0.3, -0.25) is 9.59 Å². The molecule has 7 heteroatoms. The zero-order valence-corrected chi connectivity index (χ0v) is 21.3. The first kappa shape index (κ1) is 26.1. The quantitative estimate of drug-likeness (QED) is 0.136. The number of likely N-dealkylation sites (tertiary alicyclic amines) is 1. The Hall–Kier alpha value is -4.00. The largest absolute Gasteiger partial charge is 0.507 e. The van der Waals surface area contributed by atoms with E-state index in [0.717, 1.165) is 25.7 Å². The van der Waals surface area contributed by atoms with Gasteiger partial charge in [0.25, 0.3) is 11.7 Å². The molecule has 1 aromatic heterocycles. The highest BCUT2D eigenvalue weighted by molar-refractivity contribution is 6.46. The topological polar surface area (TPSA) is 89.2 Å². The molecule has 0 aliphatic carbocycles. The third-order valence-electron chi connectivity index (χ3n) is 6.24. The highest BCUT2D eigenvalue weighted by atomic mass is 16.5. The number of carbonyl (C=O) groups is 2. The number of Topliss-reactive ketones (excluding diaryl/α,β-unsaturated/α-hetero) is 1. The molecule has 1 aliphatic rings. The number of carbonyl (C=O) groups excluding carboxylic acids is 2. The molecule has 1 atom stereocenters. The molecule has 0 radical (unpaired) electrons. The number of ether oxygens (including phenoxy) is 2. The van der Waals surface area contributed by atoms with Gasteiger partial charge >= 0.3 is 0 Å². The molecular weight excluding hydrogens is 470 g/mol. The number of rotatable bonds is 12. The van der Waals surface area contributed by atoms with Crippen molar-refractivity contribution in [2.45, 2.75) is 52.1 Å². The summed E-state index contributed by atoms with van der Waals surface area (Å²) in [6, 6.07) is 16.9. The molecule has 1 unspecified atom stereocenters. The van der Waals surface area contributed by atoms with Crippen LogP contribution in [0.3, 0.4) is 0 Å². The highest BCUT2D eigenvalue weighted by Gasteiger charge is 2.46. The summed E-state index contributed by atoms with van der Waals surface area (Å²) >= 11 is 0. The summed E-state index contributed by atoms with van der Waals surface area (Å²) in [5.74, 6) is 0.153.